The van der Waals surface area contributed by atoms with E-state index in [0.717, 1.165) is 23.9 Å². The molecule has 28 heavy (non-hydrogen) atoms. The zero-order valence-corrected chi connectivity index (χ0v) is 17.3. The van der Waals surface area contributed by atoms with Gasteiger partial charge in [0.2, 0.25) is 0 Å². The lowest BCUT2D eigenvalue weighted by Gasteiger charge is -2.29. The molecule has 4 nitrogen and oxygen atoms in total. The van der Waals surface area contributed by atoms with Crippen molar-refractivity contribution in [1.29, 1.82) is 0 Å². The maximum Gasteiger partial charge on any atom is 0.255 e. The van der Waals surface area contributed by atoms with Gasteiger partial charge in [-0.1, -0.05) is 23.7 Å². The summed E-state index contributed by atoms with van der Waals surface area (Å²) in [5.41, 5.74) is 2.69. The first kappa shape index (κ1) is 20.6. The average Bonchev–Trinajstić information content (AvgIpc) is 2.71. The van der Waals surface area contributed by atoms with Gasteiger partial charge < -0.3 is 10.2 Å². The highest BCUT2D eigenvalue weighted by Crippen LogP contribution is 2.30. The van der Waals surface area contributed by atoms with Crippen LogP contribution in [0.5, 0.6) is 0 Å². The first-order valence-corrected chi connectivity index (χ1v) is 9.62. The third-order valence-corrected chi connectivity index (χ3v) is 5.71. The predicted octanol–water partition coefficient (Wildman–Crippen LogP) is 5.37. The SMILES string of the molecule is CN1CCC(c2ccc(C(=O)Nc3ccc(Cl)c4ccncc34)cc2)CC1.Cl. The molecule has 1 fully saturated rings. The fourth-order valence-corrected chi connectivity index (χ4v) is 3.93. The van der Waals surface area contributed by atoms with Crippen LogP contribution in [0.15, 0.2) is 54.9 Å². The van der Waals surface area contributed by atoms with Crippen LogP contribution in [0.1, 0.15) is 34.7 Å². The Hall–Kier alpha value is -2.14. The summed E-state index contributed by atoms with van der Waals surface area (Å²) in [5.74, 6) is 0.460. The summed E-state index contributed by atoms with van der Waals surface area (Å²) in [6, 6.07) is 13.5. The lowest BCUT2D eigenvalue weighted by atomic mass is 9.89. The van der Waals surface area contributed by atoms with Crippen LogP contribution in [0.25, 0.3) is 10.8 Å². The highest BCUT2D eigenvalue weighted by molar-refractivity contribution is 6.36. The smallest absolute Gasteiger partial charge is 0.255 e. The van der Waals surface area contributed by atoms with Crippen molar-refractivity contribution < 1.29 is 4.79 Å². The van der Waals surface area contributed by atoms with Gasteiger partial charge >= 0.3 is 0 Å². The van der Waals surface area contributed by atoms with E-state index in [9.17, 15) is 4.79 Å². The largest absolute Gasteiger partial charge is 0.321 e. The Morgan fingerprint density at radius 3 is 2.50 bits per heavy atom. The number of nitrogens with zero attached hydrogens (tertiary/aromatic N) is 2. The number of hydrogen-bond acceptors (Lipinski definition) is 3. The molecule has 4 rings (SSSR count). The van der Waals surface area contributed by atoms with Gasteiger partial charge in [-0.2, -0.15) is 0 Å². The van der Waals surface area contributed by atoms with Crippen LogP contribution in [0, 0.1) is 0 Å². The molecule has 1 aliphatic rings. The van der Waals surface area contributed by atoms with E-state index in [0.29, 0.717) is 22.2 Å². The quantitative estimate of drug-likeness (QED) is 0.624. The average molecular weight is 416 g/mol. The van der Waals surface area contributed by atoms with E-state index >= 15 is 0 Å². The van der Waals surface area contributed by atoms with Crippen LogP contribution < -0.4 is 5.32 Å². The highest BCUT2D eigenvalue weighted by atomic mass is 35.5. The van der Waals surface area contributed by atoms with E-state index in [1.165, 1.54) is 18.4 Å². The number of likely N-dealkylation sites (tertiary alicyclic amines) is 1. The minimum Gasteiger partial charge on any atom is -0.321 e. The monoisotopic (exact) mass is 415 g/mol. The highest BCUT2D eigenvalue weighted by Gasteiger charge is 2.18. The molecule has 0 saturated carbocycles. The number of rotatable bonds is 3. The van der Waals surface area contributed by atoms with Crippen molar-refractivity contribution in [3.8, 4) is 0 Å². The van der Waals surface area contributed by atoms with Gasteiger partial charge in [0, 0.05) is 33.8 Å². The van der Waals surface area contributed by atoms with Gasteiger partial charge in [0.05, 0.1) is 5.69 Å². The van der Waals surface area contributed by atoms with Crippen LogP contribution in [-0.2, 0) is 0 Å². The van der Waals surface area contributed by atoms with Crippen molar-refractivity contribution in [2.45, 2.75) is 18.8 Å². The molecule has 1 saturated heterocycles. The molecule has 1 N–H and O–H groups in total. The number of halogens is 2. The molecular weight excluding hydrogens is 393 g/mol. The lowest BCUT2D eigenvalue weighted by molar-refractivity contribution is 0.102. The van der Waals surface area contributed by atoms with Crippen molar-refractivity contribution in [3.05, 3.63) is 71.0 Å². The van der Waals surface area contributed by atoms with E-state index in [-0.39, 0.29) is 18.3 Å². The second-order valence-electron chi connectivity index (χ2n) is 7.17. The molecule has 1 amide bonds. The van der Waals surface area contributed by atoms with Crippen LogP contribution in [0.3, 0.4) is 0 Å². The summed E-state index contributed by atoms with van der Waals surface area (Å²) in [5, 5.41) is 5.35. The number of benzene rings is 2. The zero-order valence-electron chi connectivity index (χ0n) is 15.7. The fraction of sp³-hybridized carbons (Fsp3) is 0.273. The molecule has 0 atom stereocenters. The van der Waals surface area contributed by atoms with Gasteiger partial charge in [-0.05, 0) is 74.8 Å². The van der Waals surface area contributed by atoms with Gasteiger partial charge in [-0.25, -0.2) is 0 Å². The molecule has 6 heteroatoms. The molecule has 146 valence electrons. The van der Waals surface area contributed by atoms with Crippen molar-refractivity contribution in [3.63, 3.8) is 0 Å². The lowest BCUT2D eigenvalue weighted by Crippen LogP contribution is -2.29. The minimum absolute atomic E-state index is 0. The number of amides is 1. The predicted molar refractivity (Wildman–Crippen MR) is 118 cm³/mol. The van der Waals surface area contributed by atoms with E-state index in [1.54, 1.807) is 18.5 Å². The Morgan fingerprint density at radius 1 is 1.07 bits per heavy atom. The van der Waals surface area contributed by atoms with Gasteiger partial charge in [0.1, 0.15) is 0 Å². The number of carbonyl (C=O) groups excluding carboxylic acids is 1. The van der Waals surface area contributed by atoms with Crippen LogP contribution in [0.2, 0.25) is 5.02 Å². The molecule has 0 radical (unpaired) electrons. The number of aromatic nitrogens is 1. The third kappa shape index (κ3) is 4.30. The molecule has 3 aromatic rings. The third-order valence-electron chi connectivity index (χ3n) is 5.38. The van der Waals surface area contributed by atoms with E-state index in [1.807, 2.05) is 24.3 Å². The topological polar surface area (TPSA) is 45.2 Å². The van der Waals surface area contributed by atoms with E-state index in [4.69, 9.17) is 11.6 Å². The maximum atomic E-state index is 12.7. The van der Waals surface area contributed by atoms with Gasteiger partial charge in [0.25, 0.3) is 5.91 Å². The van der Waals surface area contributed by atoms with Crippen molar-refractivity contribution >= 4 is 46.4 Å². The second-order valence-corrected chi connectivity index (χ2v) is 7.58. The minimum atomic E-state index is -0.127. The van der Waals surface area contributed by atoms with Crippen molar-refractivity contribution in [2.75, 3.05) is 25.5 Å². The van der Waals surface area contributed by atoms with Crippen molar-refractivity contribution in [1.82, 2.24) is 9.88 Å². The number of hydrogen-bond donors (Lipinski definition) is 1. The summed E-state index contributed by atoms with van der Waals surface area (Å²) in [6.07, 6.45) is 5.76. The first-order chi connectivity index (χ1) is 13.1. The molecule has 2 aromatic carbocycles. The maximum absolute atomic E-state index is 12.7. The molecular formula is C22H23Cl2N3O. The normalized spacial score (nSPS) is 15.2. The molecule has 0 spiro atoms. The number of fused-ring (bicyclic) bond motifs is 1. The van der Waals surface area contributed by atoms with Gasteiger partial charge in [0.15, 0.2) is 0 Å². The van der Waals surface area contributed by atoms with Crippen LogP contribution >= 0.6 is 24.0 Å². The Balaban J connectivity index is 0.00000225. The standard InChI is InChI=1S/C22H22ClN3O.ClH/c1-26-12-9-16(10-13-26)15-2-4-17(5-3-15)22(27)25-21-7-6-20(23)18-8-11-24-14-19(18)21;/h2-8,11,14,16H,9-10,12-13H2,1H3,(H,25,27);1H. The summed E-state index contributed by atoms with van der Waals surface area (Å²) >= 11 is 6.24. The van der Waals surface area contributed by atoms with Crippen LogP contribution in [-0.4, -0.2) is 35.9 Å². The molecule has 1 aromatic heterocycles. The number of anilines is 1. The van der Waals surface area contributed by atoms with E-state index in [2.05, 4.69) is 34.4 Å². The summed E-state index contributed by atoms with van der Waals surface area (Å²) in [7, 11) is 2.17. The molecule has 0 aliphatic carbocycles. The Morgan fingerprint density at radius 2 is 1.79 bits per heavy atom. The summed E-state index contributed by atoms with van der Waals surface area (Å²) in [6.45, 7) is 2.26. The number of piperidine rings is 1. The fourth-order valence-electron chi connectivity index (χ4n) is 3.71. The van der Waals surface area contributed by atoms with Crippen molar-refractivity contribution in [2.24, 2.45) is 0 Å². The number of carbonyl (C=O) groups is 1. The van der Waals surface area contributed by atoms with Gasteiger partial charge in [-0.3, -0.25) is 9.78 Å². The second kappa shape index (κ2) is 8.91. The summed E-state index contributed by atoms with van der Waals surface area (Å²) in [4.78, 5) is 19.2. The summed E-state index contributed by atoms with van der Waals surface area (Å²) < 4.78 is 0. The molecule has 1 aliphatic heterocycles. The number of nitrogens with one attached hydrogen (secondary N) is 1. The Bertz CT molecular complexity index is 967. The Labute approximate surface area is 176 Å². The molecule has 0 bridgehead atoms. The molecule has 0 unspecified atom stereocenters. The molecule has 2 heterocycles. The van der Waals surface area contributed by atoms with E-state index < -0.39 is 0 Å². The van der Waals surface area contributed by atoms with Crippen LogP contribution in [0.4, 0.5) is 5.69 Å². The number of pyridine rings is 1. The van der Waals surface area contributed by atoms with Gasteiger partial charge in [-0.15, -0.1) is 12.4 Å². The first-order valence-electron chi connectivity index (χ1n) is 9.24. The Kier molecular flexibility index (Phi) is 6.55. The zero-order chi connectivity index (χ0) is 18.8.